The molecule has 0 aliphatic carbocycles. The summed E-state index contributed by atoms with van der Waals surface area (Å²) < 4.78 is 5.74. The molecule has 1 N–H and O–H groups in total. The third kappa shape index (κ3) is 5.47. The summed E-state index contributed by atoms with van der Waals surface area (Å²) in [7, 11) is 0. The van der Waals surface area contributed by atoms with Gasteiger partial charge in [-0.1, -0.05) is 54.1 Å². The number of nitrogens with one attached hydrogen (secondary N) is 1. The molecule has 3 rings (SSSR count). The number of carbonyl (C=O) groups excluding carboxylic acids is 1. The van der Waals surface area contributed by atoms with Crippen LogP contribution in [-0.2, 0) is 11.4 Å². The number of nitriles is 1. The van der Waals surface area contributed by atoms with Gasteiger partial charge >= 0.3 is 0 Å². The van der Waals surface area contributed by atoms with Crippen LogP contribution < -0.4 is 10.1 Å². The number of amides is 1. The monoisotopic (exact) mass is 388 g/mol. The zero-order valence-electron chi connectivity index (χ0n) is 14.9. The molecule has 0 aliphatic rings. The van der Waals surface area contributed by atoms with Crippen molar-refractivity contribution in [1.82, 2.24) is 0 Å². The number of anilines is 1. The molecule has 0 aromatic heterocycles. The molecule has 4 nitrogen and oxygen atoms in total. The second-order valence-corrected chi connectivity index (χ2v) is 6.41. The van der Waals surface area contributed by atoms with E-state index in [1.165, 1.54) is 0 Å². The number of halogens is 1. The van der Waals surface area contributed by atoms with Crippen molar-refractivity contribution in [3.63, 3.8) is 0 Å². The van der Waals surface area contributed by atoms with E-state index in [0.29, 0.717) is 23.1 Å². The Bertz CT molecular complexity index is 1020. The van der Waals surface area contributed by atoms with Crippen LogP contribution in [0.1, 0.15) is 11.1 Å². The predicted octanol–water partition coefficient (Wildman–Crippen LogP) is 5.46. The van der Waals surface area contributed by atoms with Crippen LogP contribution in [0.15, 0.2) is 84.4 Å². The fraction of sp³-hybridized carbons (Fsp3) is 0.0435. The van der Waals surface area contributed by atoms with Crippen LogP contribution in [0.25, 0.3) is 6.08 Å². The van der Waals surface area contributed by atoms with E-state index in [1.807, 2.05) is 48.5 Å². The first-order valence-corrected chi connectivity index (χ1v) is 8.97. The third-order valence-corrected chi connectivity index (χ3v) is 4.12. The molecule has 0 atom stereocenters. The Morgan fingerprint density at radius 2 is 1.79 bits per heavy atom. The first-order chi connectivity index (χ1) is 13.6. The highest BCUT2D eigenvalue weighted by Crippen LogP contribution is 2.18. The molecule has 0 heterocycles. The van der Waals surface area contributed by atoms with Crippen molar-refractivity contribution in [3.05, 3.63) is 101 Å². The lowest BCUT2D eigenvalue weighted by atomic mass is 10.1. The minimum atomic E-state index is -0.449. The van der Waals surface area contributed by atoms with Crippen molar-refractivity contribution in [2.24, 2.45) is 0 Å². The Morgan fingerprint density at radius 1 is 1.04 bits per heavy atom. The van der Waals surface area contributed by atoms with Crippen LogP contribution in [0.3, 0.4) is 0 Å². The number of carbonyl (C=O) groups is 1. The van der Waals surface area contributed by atoms with E-state index >= 15 is 0 Å². The quantitative estimate of drug-likeness (QED) is 0.450. The van der Waals surface area contributed by atoms with Gasteiger partial charge in [0.2, 0.25) is 0 Å². The van der Waals surface area contributed by atoms with Crippen molar-refractivity contribution in [2.45, 2.75) is 6.61 Å². The van der Waals surface area contributed by atoms with E-state index < -0.39 is 5.91 Å². The molecule has 5 heteroatoms. The molecule has 0 saturated carbocycles. The minimum absolute atomic E-state index is 0.0245. The number of nitrogens with zero attached hydrogens (tertiary/aromatic N) is 1. The van der Waals surface area contributed by atoms with Gasteiger partial charge in [0.1, 0.15) is 24.0 Å². The lowest BCUT2D eigenvalue weighted by Crippen LogP contribution is -2.13. The average Bonchev–Trinajstić information content (AvgIpc) is 2.72. The van der Waals surface area contributed by atoms with Crippen molar-refractivity contribution >= 4 is 29.3 Å². The molecule has 1 amide bonds. The lowest BCUT2D eigenvalue weighted by molar-refractivity contribution is -0.112. The minimum Gasteiger partial charge on any atom is -0.489 e. The molecule has 0 fully saturated rings. The van der Waals surface area contributed by atoms with E-state index in [-0.39, 0.29) is 5.57 Å². The van der Waals surface area contributed by atoms with Gasteiger partial charge in [-0.15, -0.1) is 0 Å². The van der Waals surface area contributed by atoms with Crippen LogP contribution in [-0.4, -0.2) is 5.91 Å². The molecular formula is C23H17ClN2O2. The molecule has 28 heavy (non-hydrogen) atoms. The van der Waals surface area contributed by atoms with Gasteiger partial charge in [0.25, 0.3) is 5.91 Å². The van der Waals surface area contributed by atoms with E-state index in [4.69, 9.17) is 16.3 Å². The smallest absolute Gasteiger partial charge is 0.266 e. The van der Waals surface area contributed by atoms with Crippen molar-refractivity contribution in [1.29, 1.82) is 5.26 Å². The van der Waals surface area contributed by atoms with Gasteiger partial charge in [-0.2, -0.15) is 5.26 Å². The van der Waals surface area contributed by atoms with Gasteiger partial charge in [0, 0.05) is 10.7 Å². The number of ether oxygens (including phenoxy) is 1. The number of hydrogen-bond acceptors (Lipinski definition) is 3. The summed E-state index contributed by atoms with van der Waals surface area (Å²) in [5.74, 6) is 0.236. The van der Waals surface area contributed by atoms with Crippen LogP contribution in [0, 0.1) is 11.3 Å². The first kappa shape index (κ1) is 19.2. The largest absolute Gasteiger partial charge is 0.489 e. The Labute approximate surface area is 168 Å². The third-order valence-electron chi connectivity index (χ3n) is 3.88. The van der Waals surface area contributed by atoms with Gasteiger partial charge in [0.15, 0.2) is 0 Å². The van der Waals surface area contributed by atoms with Gasteiger partial charge < -0.3 is 10.1 Å². The van der Waals surface area contributed by atoms with E-state index in [9.17, 15) is 10.1 Å². The molecule has 3 aromatic rings. The van der Waals surface area contributed by atoms with E-state index in [2.05, 4.69) is 5.32 Å². The Kier molecular flexibility index (Phi) is 6.46. The molecule has 138 valence electrons. The van der Waals surface area contributed by atoms with E-state index in [1.54, 1.807) is 42.5 Å². The van der Waals surface area contributed by atoms with Crippen molar-refractivity contribution in [2.75, 3.05) is 5.32 Å². The molecule has 0 unspecified atom stereocenters. The highest BCUT2D eigenvalue weighted by Gasteiger charge is 2.09. The lowest BCUT2D eigenvalue weighted by Gasteiger charge is -2.07. The summed E-state index contributed by atoms with van der Waals surface area (Å²) in [5, 5.41) is 12.7. The topological polar surface area (TPSA) is 62.1 Å². The maximum Gasteiger partial charge on any atom is 0.266 e. The Hall–Kier alpha value is -3.55. The summed E-state index contributed by atoms with van der Waals surface area (Å²) >= 11 is 5.97. The summed E-state index contributed by atoms with van der Waals surface area (Å²) in [4.78, 5) is 12.3. The van der Waals surface area contributed by atoms with Crippen LogP contribution in [0.2, 0.25) is 5.02 Å². The van der Waals surface area contributed by atoms with Gasteiger partial charge in [-0.3, -0.25) is 4.79 Å². The summed E-state index contributed by atoms with van der Waals surface area (Å²) in [6.45, 7) is 0.401. The average molecular weight is 389 g/mol. The van der Waals surface area contributed by atoms with Crippen molar-refractivity contribution < 1.29 is 9.53 Å². The fourth-order valence-electron chi connectivity index (χ4n) is 2.49. The maximum atomic E-state index is 12.3. The summed E-state index contributed by atoms with van der Waals surface area (Å²) in [5.41, 5.74) is 2.37. The zero-order chi connectivity index (χ0) is 19.8. The highest BCUT2D eigenvalue weighted by atomic mass is 35.5. The highest BCUT2D eigenvalue weighted by molar-refractivity contribution is 6.30. The summed E-state index contributed by atoms with van der Waals surface area (Å²) in [6, 6.07) is 25.6. The van der Waals surface area contributed by atoms with Gasteiger partial charge in [-0.05, 0) is 53.6 Å². The van der Waals surface area contributed by atoms with Crippen LogP contribution >= 0.6 is 11.6 Å². The number of para-hydroxylation sites is 1. The SMILES string of the molecule is N#C/C(=C\c1ccc(OCc2cccc(Cl)c2)cc1)C(=O)Nc1ccccc1. The van der Waals surface area contributed by atoms with Crippen molar-refractivity contribution in [3.8, 4) is 11.8 Å². The Balaban J connectivity index is 1.64. The molecule has 3 aromatic carbocycles. The second kappa shape index (κ2) is 9.40. The van der Waals surface area contributed by atoms with E-state index in [0.717, 1.165) is 11.1 Å². The molecule has 0 radical (unpaired) electrons. The number of hydrogen-bond donors (Lipinski definition) is 1. The summed E-state index contributed by atoms with van der Waals surface area (Å²) in [6.07, 6.45) is 1.54. The van der Waals surface area contributed by atoms with Crippen LogP contribution in [0.4, 0.5) is 5.69 Å². The predicted molar refractivity (Wildman–Crippen MR) is 111 cm³/mol. The standard InChI is InChI=1S/C23H17ClN2O2/c24-20-6-4-5-18(14-20)16-28-22-11-9-17(10-12-22)13-19(15-25)23(27)26-21-7-2-1-3-8-21/h1-14H,16H2,(H,26,27)/b19-13+. The second-order valence-electron chi connectivity index (χ2n) is 5.98. The zero-order valence-corrected chi connectivity index (χ0v) is 15.7. The molecule has 0 spiro atoms. The fourth-order valence-corrected chi connectivity index (χ4v) is 2.70. The molecule has 0 aliphatic heterocycles. The number of rotatable bonds is 6. The molecule has 0 bridgehead atoms. The molecular weight excluding hydrogens is 372 g/mol. The van der Waals surface area contributed by atoms with Crippen LogP contribution in [0.5, 0.6) is 5.75 Å². The molecule has 0 saturated heterocycles. The number of benzene rings is 3. The normalized spacial score (nSPS) is 10.8. The first-order valence-electron chi connectivity index (χ1n) is 8.59. The maximum absolute atomic E-state index is 12.3. The van der Waals surface area contributed by atoms with Gasteiger partial charge in [-0.25, -0.2) is 0 Å². The Morgan fingerprint density at radius 3 is 2.46 bits per heavy atom. The van der Waals surface area contributed by atoms with Gasteiger partial charge in [0.05, 0.1) is 0 Å².